The molecule has 21 nitrogen and oxygen atoms in total. The maximum absolute atomic E-state index is 8.14. The molecule has 0 saturated carbocycles. The van der Waals surface area contributed by atoms with Crippen LogP contribution in [0.1, 0.15) is 73.1 Å². The van der Waals surface area contributed by atoms with E-state index in [2.05, 4.69) is 6.58 Å². The van der Waals surface area contributed by atoms with Gasteiger partial charge >= 0.3 is 0 Å². The molecule has 0 radical (unpaired) electrons. The summed E-state index contributed by atoms with van der Waals surface area (Å²) in [4.78, 5) is 0. The van der Waals surface area contributed by atoms with Crippen LogP contribution in [0.4, 0.5) is 0 Å². The number of hydrogen-bond acceptors (Lipinski definition) is 21. The first-order valence-electron chi connectivity index (χ1n) is 45.6. The van der Waals surface area contributed by atoms with Gasteiger partial charge in [0.15, 0.2) is 31.5 Å². The summed E-state index contributed by atoms with van der Waals surface area (Å²) in [7, 11) is 0. The molecule has 0 amide bonds. The summed E-state index contributed by atoms with van der Waals surface area (Å²) in [6.45, 7) is 5.47. The van der Waals surface area contributed by atoms with Crippen molar-refractivity contribution in [1.82, 2.24) is 0 Å². The number of hydrogen-bond donors (Lipinski definition) is 0. The van der Waals surface area contributed by atoms with Crippen molar-refractivity contribution < 1.29 is 99.5 Å². The van der Waals surface area contributed by atoms with E-state index in [9.17, 15) is 0 Å². The highest BCUT2D eigenvalue weighted by Gasteiger charge is 2.60. The van der Waals surface area contributed by atoms with Crippen molar-refractivity contribution in [3.8, 4) is 0 Å². The number of fused-ring (bicyclic) bond motifs is 1. The molecule has 0 unspecified atom stereocenters. The Morgan fingerprint density at radius 2 is 0.455 bits per heavy atom. The monoisotopic (exact) mass is 1780 g/mol. The Balaban J connectivity index is 0.803. The average molecular weight is 1790 g/mol. The van der Waals surface area contributed by atoms with Crippen molar-refractivity contribution in [2.24, 2.45) is 0 Å². The van der Waals surface area contributed by atoms with Gasteiger partial charge in [0, 0.05) is 5.56 Å². The van der Waals surface area contributed by atoms with E-state index in [0.717, 1.165) is 66.8 Å². The third kappa shape index (κ3) is 26.3. The van der Waals surface area contributed by atoms with Crippen LogP contribution in [0.25, 0.3) is 0 Å². The second kappa shape index (κ2) is 49.5. The van der Waals surface area contributed by atoms with Crippen molar-refractivity contribution in [3.05, 3.63) is 443 Å². The third-order valence-electron chi connectivity index (χ3n) is 23.8. The van der Waals surface area contributed by atoms with Crippen molar-refractivity contribution in [2.75, 3.05) is 33.0 Å². The Bertz CT molecular complexity index is 5220. The lowest BCUT2D eigenvalue weighted by Gasteiger charge is -2.53. The smallest absolute Gasteiger partial charge is 0.187 e. The van der Waals surface area contributed by atoms with Crippen LogP contribution in [0.3, 0.4) is 0 Å². The van der Waals surface area contributed by atoms with Gasteiger partial charge in [0.1, 0.15) is 97.7 Å². The predicted molar refractivity (Wildman–Crippen MR) is 494 cm³/mol. The Morgan fingerprint density at radius 1 is 0.227 bits per heavy atom. The molecule has 132 heavy (non-hydrogen) atoms. The first-order valence-corrected chi connectivity index (χ1v) is 45.6. The molecule has 21 atom stereocenters. The molecule has 17 rings (SSSR count). The third-order valence-corrected chi connectivity index (χ3v) is 23.8. The van der Waals surface area contributed by atoms with E-state index in [4.69, 9.17) is 99.5 Å². The zero-order chi connectivity index (χ0) is 89.3. The lowest BCUT2D eigenvalue weighted by atomic mass is 9.94. The molecular formula is C111H116O21. The van der Waals surface area contributed by atoms with Crippen LogP contribution in [-0.2, 0) is 172 Å². The lowest BCUT2D eigenvalue weighted by Crippen LogP contribution is -2.69. The van der Waals surface area contributed by atoms with E-state index in [0.29, 0.717) is 0 Å². The first kappa shape index (κ1) is 93.4. The summed E-state index contributed by atoms with van der Waals surface area (Å²) in [5.41, 5.74) is 10.7. The van der Waals surface area contributed by atoms with Crippen LogP contribution >= 0.6 is 0 Å². The van der Waals surface area contributed by atoms with Crippen LogP contribution in [0.5, 0.6) is 0 Å². The number of benzene rings is 12. The molecule has 5 aliphatic heterocycles. The highest BCUT2D eigenvalue weighted by atomic mass is 16.8. The quantitative estimate of drug-likeness (QED) is 0.0327. The van der Waals surface area contributed by atoms with E-state index in [1.54, 1.807) is 6.08 Å². The minimum atomic E-state index is -1.41. The van der Waals surface area contributed by atoms with Gasteiger partial charge in [-0.05, 0) is 61.2 Å². The highest BCUT2D eigenvalue weighted by Crippen LogP contribution is 2.44. The van der Waals surface area contributed by atoms with E-state index >= 15 is 0 Å². The fourth-order valence-corrected chi connectivity index (χ4v) is 17.1. The van der Waals surface area contributed by atoms with Crippen molar-refractivity contribution in [2.45, 2.75) is 202 Å². The molecule has 686 valence electrons. The Morgan fingerprint density at radius 3 is 0.735 bits per heavy atom. The van der Waals surface area contributed by atoms with E-state index < -0.39 is 129 Å². The molecule has 5 fully saturated rings. The molecule has 0 bridgehead atoms. The topological polar surface area (TPSA) is 194 Å². The molecule has 5 saturated heterocycles. The van der Waals surface area contributed by atoms with Gasteiger partial charge < -0.3 is 99.5 Å². The summed E-state index contributed by atoms with van der Waals surface area (Å²) < 4.78 is 155. The van der Waals surface area contributed by atoms with Gasteiger partial charge in [0.2, 0.25) is 0 Å². The summed E-state index contributed by atoms with van der Waals surface area (Å²) in [5, 5.41) is 0. The molecule has 12 aromatic carbocycles. The molecule has 12 aromatic rings. The Hall–Kier alpha value is -10.5. The minimum absolute atomic E-state index is 0.0105. The molecule has 0 aromatic heterocycles. The standard InChI is InChI=1S/C111H116O21/c1-2-63-115-108-103(120-71-86-53-29-10-30-54-86)99(116-67-82-45-21-6-22-46-82)95(91(125-108)75-112-64-79-39-15-3-16-40-79)130-109-104(121-72-87-55-31-11-32-56-87)100(117-68-83-47-23-7-24-48-83)96(92(126-109)76-113-65-80-41-17-4-18-42-80)131-110-105(122-73-88-57-33-12-34-58-88)101(118-69-84-49-25-8-26-50-84)97(93(127-110)77-114-66-81-43-19-5-20-44-81)132-111-106(123-74-89-59-35-13-36-60-89)102(119-70-85-51-27-9-28-52-85)98-94(128-111)78-124-107(129-98)90-61-37-14-38-62-90/h2-62,91-111H,1,63-78H2/t91-,92-,93-,94-,95-,96-,97-,98-,99+,100+,101+,102+,103+,104+,105+,106+,107-,108+,109+,110+,111+/m1/s1. The van der Waals surface area contributed by atoms with Crippen molar-refractivity contribution in [1.29, 1.82) is 0 Å². The Labute approximate surface area is 773 Å². The van der Waals surface area contributed by atoms with Gasteiger partial charge in [-0.15, -0.1) is 6.58 Å². The van der Waals surface area contributed by atoms with E-state index in [-0.39, 0.29) is 106 Å². The van der Waals surface area contributed by atoms with Gasteiger partial charge in [0.25, 0.3) is 0 Å². The van der Waals surface area contributed by atoms with Gasteiger partial charge in [-0.3, -0.25) is 0 Å². The maximum atomic E-state index is 8.14. The predicted octanol–water partition coefficient (Wildman–Crippen LogP) is 18.7. The van der Waals surface area contributed by atoms with Gasteiger partial charge in [-0.1, -0.05) is 370 Å². The van der Waals surface area contributed by atoms with E-state index in [1.807, 2.05) is 364 Å². The molecule has 5 heterocycles. The van der Waals surface area contributed by atoms with Crippen LogP contribution < -0.4 is 0 Å². The maximum Gasteiger partial charge on any atom is 0.187 e. The van der Waals surface area contributed by atoms with Crippen LogP contribution in [0.15, 0.2) is 377 Å². The zero-order valence-electron chi connectivity index (χ0n) is 73.9. The van der Waals surface area contributed by atoms with Gasteiger partial charge in [-0.25, -0.2) is 0 Å². The van der Waals surface area contributed by atoms with Gasteiger partial charge in [0.05, 0.1) is 106 Å². The molecule has 5 aliphatic rings. The second-order valence-electron chi connectivity index (χ2n) is 33.4. The summed E-state index contributed by atoms with van der Waals surface area (Å²) in [6, 6.07) is 120. The summed E-state index contributed by atoms with van der Waals surface area (Å²) >= 11 is 0. The fraction of sp³-hybridized carbons (Fsp3) is 0.333. The first-order chi connectivity index (χ1) is 65.4. The van der Waals surface area contributed by atoms with Gasteiger partial charge in [-0.2, -0.15) is 0 Å². The molecular weight excluding hydrogens is 1670 g/mol. The fourth-order valence-electron chi connectivity index (χ4n) is 17.1. The van der Waals surface area contributed by atoms with Crippen LogP contribution in [0, 0.1) is 0 Å². The Kier molecular flexibility index (Phi) is 35.0. The normalized spacial score (nSPS) is 26.5. The highest BCUT2D eigenvalue weighted by molar-refractivity contribution is 5.24. The minimum Gasteiger partial charge on any atom is -0.374 e. The van der Waals surface area contributed by atoms with Crippen LogP contribution in [0.2, 0.25) is 0 Å². The van der Waals surface area contributed by atoms with Crippen molar-refractivity contribution >= 4 is 0 Å². The molecule has 21 heteroatoms. The largest absolute Gasteiger partial charge is 0.374 e. The zero-order valence-corrected chi connectivity index (χ0v) is 73.9. The van der Waals surface area contributed by atoms with Crippen LogP contribution in [-0.4, -0.2) is 156 Å². The average Bonchev–Trinajstić information content (AvgIpc) is 0.751. The molecule has 0 spiro atoms. The summed E-state index contributed by atoms with van der Waals surface area (Å²) in [5.74, 6) is 0. The summed E-state index contributed by atoms with van der Waals surface area (Å²) in [6.07, 6.45) is -20.8. The second-order valence-corrected chi connectivity index (χ2v) is 33.4. The van der Waals surface area contributed by atoms with Crippen molar-refractivity contribution in [3.63, 3.8) is 0 Å². The lowest BCUT2D eigenvalue weighted by molar-refractivity contribution is -0.409. The number of ether oxygens (including phenoxy) is 21. The number of rotatable bonds is 46. The molecule has 0 N–H and O–H groups in total. The van der Waals surface area contributed by atoms with E-state index in [1.165, 1.54) is 0 Å². The SMILES string of the molecule is C=CCO[C@H]1O[C@H](COCc2ccccc2)[C@@H](O[C@@H]2O[C@H](COCc3ccccc3)[C@@H](O[C@@H]3O[C@H](COCc4ccccc4)[C@@H](O[C@@H]4O[C@@H]5CO[C@@H](c6ccccc6)O[C@H]5[C@H](OCc5ccccc5)[C@@H]4OCc4ccccc4)[C@H](OCc4ccccc4)[C@@H]3OCc3ccccc3)[C@H](OCc3ccccc3)[C@@H]2OCc2ccccc2)[C@H](OCc2ccccc2)[C@@H]1OCc1ccccc1. The molecule has 0 aliphatic carbocycles.